The molecule has 0 fully saturated rings. The largest absolute Gasteiger partial charge is 0.454 e. The van der Waals surface area contributed by atoms with Gasteiger partial charge in [-0.1, -0.05) is 13.8 Å². The van der Waals surface area contributed by atoms with Crippen molar-refractivity contribution in [1.82, 2.24) is 0 Å². The fourth-order valence-corrected chi connectivity index (χ4v) is 3.45. The van der Waals surface area contributed by atoms with E-state index >= 15 is 0 Å². The van der Waals surface area contributed by atoms with Gasteiger partial charge in [-0.05, 0) is 18.1 Å². The Labute approximate surface area is 106 Å². The summed E-state index contributed by atoms with van der Waals surface area (Å²) in [5.74, 6) is 0.647. The molecule has 1 aliphatic heterocycles. The molecule has 0 spiro atoms. The van der Waals surface area contributed by atoms with Crippen LogP contribution in [0.4, 0.5) is 0 Å². The van der Waals surface area contributed by atoms with Gasteiger partial charge in [0.25, 0.3) is 0 Å². The Morgan fingerprint density at radius 2 is 1.94 bits per heavy atom. The Morgan fingerprint density at radius 1 is 1.28 bits per heavy atom. The summed E-state index contributed by atoms with van der Waals surface area (Å²) in [5.41, 5.74) is 0. The van der Waals surface area contributed by atoms with E-state index in [0.29, 0.717) is 11.5 Å². The normalized spacial score (nSPS) is 15.4. The number of ether oxygens (including phenoxy) is 2. The van der Waals surface area contributed by atoms with Crippen LogP contribution in [0.15, 0.2) is 23.1 Å². The minimum absolute atomic E-state index is 0.0880. The molecule has 0 radical (unpaired) electrons. The van der Waals surface area contributed by atoms with E-state index in [2.05, 4.69) is 0 Å². The summed E-state index contributed by atoms with van der Waals surface area (Å²) in [7, 11) is -3.67. The molecule has 0 saturated carbocycles. The van der Waals surface area contributed by atoms with Crippen LogP contribution in [0.1, 0.15) is 13.8 Å². The SMILES string of the molecule is CC(C)C(C#N)S(=O)(=O)c1ccc2c(c1)OCO2. The van der Waals surface area contributed by atoms with Gasteiger partial charge in [0.15, 0.2) is 26.6 Å². The summed E-state index contributed by atoms with van der Waals surface area (Å²) in [4.78, 5) is 0.0898. The van der Waals surface area contributed by atoms with Crippen molar-refractivity contribution in [2.75, 3.05) is 6.79 Å². The molecular formula is C12H13NO4S. The van der Waals surface area contributed by atoms with Crippen LogP contribution < -0.4 is 9.47 Å². The Kier molecular flexibility index (Phi) is 3.18. The van der Waals surface area contributed by atoms with E-state index < -0.39 is 15.1 Å². The number of hydrogen-bond donors (Lipinski definition) is 0. The van der Waals surface area contributed by atoms with E-state index in [1.807, 2.05) is 6.07 Å². The molecule has 0 amide bonds. The Hall–Kier alpha value is -1.74. The average Bonchev–Trinajstić information content (AvgIpc) is 2.75. The highest BCUT2D eigenvalue weighted by Crippen LogP contribution is 2.35. The molecule has 5 nitrogen and oxygen atoms in total. The van der Waals surface area contributed by atoms with Gasteiger partial charge in [-0.15, -0.1) is 0 Å². The van der Waals surface area contributed by atoms with Crippen LogP contribution in [-0.2, 0) is 9.84 Å². The van der Waals surface area contributed by atoms with Crippen molar-refractivity contribution >= 4 is 9.84 Å². The molecule has 1 atom stereocenters. The maximum absolute atomic E-state index is 12.3. The highest BCUT2D eigenvalue weighted by atomic mass is 32.2. The third kappa shape index (κ3) is 2.02. The lowest BCUT2D eigenvalue weighted by atomic mass is 10.1. The van der Waals surface area contributed by atoms with Crippen molar-refractivity contribution in [2.24, 2.45) is 5.92 Å². The Balaban J connectivity index is 2.45. The monoisotopic (exact) mass is 267 g/mol. The third-order valence-electron chi connectivity index (χ3n) is 2.74. The first-order valence-electron chi connectivity index (χ1n) is 5.50. The topological polar surface area (TPSA) is 76.4 Å². The molecule has 0 N–H and O–H groups in total. The van der Waals surface area contributed by atoms with Crippen LogP contribution >= 0.6 is 0 Å². The molecule has 1 aromatic carbocycles. The quantitative estimate of drug-likeness (QED) is 0.833. The minimum Gasteiger partial charge on any atom is -0.454 e. The van der Waals surface area contributed by atoms with E-state index in [0.717, 1.165) is 0 Å². The summed E-state index contributed by atoms with van der Waals surface area (Å²) < 4.78 is 34.8. The highest BCUT2D eigenvalue weighted by Gasteiger charge is 2.31. The lowest BCUT2D eigenvalue weighted by molar-refractivity contribution is 0.174. The fraction of sp³-hybridized carbons (Fsp3) is 0.417. The molecule has 96 valence electrons. The minimum atomic E-state index is -3.67. The van der Waals surface area contributed by atoms with E-state index in [-0.39, 0.29) is 17.6 Å². The summed E-state index contributed by atoms with van der Waals surface area (Å²) in [6, 6.07) is 6.24. The molecule has 0 aliphatic carbocycles. The molecule has 18 heavy (non-hydrogen) atoms. The van der Waals surface area contributed by atoms with E-state index in [4.69, 9.17) is 14.7 Å². The standard InChI is InChI=1S/C12H13NO4S/c1-8(2)12(6-13)18(14,15)9-3-4-10-11(5-9)17-7-16-10/h3-5,8,12H,7H2,1-2H3. The Morgan fingerprint density at radius 3 is 2.56 bits per heavy atom. The van der Waals surface area contributed by atoms with Crippen LogP contribution in [0.2, 0.25) is 0 Å². The number of nitrogens with zero attached hydrogens (tertiary/aromatic N) is 1. The predicted molar refractivity (Wildman–Crippen MR) is 64.0 cm³/mol. The lowest BCUT2D eigenvalue weighted by Crippen LogP contribution is -2.25. The molecular weight excluding hydrogens is 254 g/mol. The number of nitriles is 1. The van der Waals surface area contributed by atoms with Gasteiger partial charge in [0.1, 0.15) is 0 Å². The lowest BCUT2D eigenvalue weighted by Gasteiger charge is -2.14. The van der Waals surface area contributed by atoms with Crippen molar-refractivity contribution in [3.63, 3.8) is 0 Å². The predicted octanol–water partition coefficient (Wildman–Crippen LogP) is 1.74. The van der Waals surface area contributed by atoms with Crippen LogP contribution in [0.3, 0.4) is 0 Å². The molecule has 1 heterocycles. The first kappa shape index (κ1) is 12.7. The number of benzene rings is 1. The van der Waals surface area contributed by atoms with Gasteiger partial charge in [0, 0.05) is 6.07 Å². The van der Waals surface area contributed by atoms with Crippen molar-refractivity contribution in [1.29, 1.82) is 5.26 Å². The number of sulfone groups is 1. The van der Waals surface area contributed by atoms with Crippen LogP contribution in [-0.4, -0.2) is 20.5 Å². The van der Waals surface area contributed by atoms with Gasteiger partial charge in [0.05, 0.1) is 11.0 Å². The summed E-state index contributed by atoms with van der Waals surface area (Å²) in [6.45, 7) is 3.50. The van der Waals surface area contributed by atoms with Gasteiger partial charge in [-0.3, -0.25) is 0 Å². The zero-order chi connectivity index (χ0) is 13.3. The van der Waals surface area contributed by atoms with Crippen molar-refractivity contribution < 1.29 is 17.9 Å². The maximum Gasteiger partial charge on any atom is 0.231 e. The highest BCUT2D eigenvalue weighted by molar-refractivity contribution is 7.92. The molecule has 0 bridgehead atoms. The van der Waals surface area contributed by atoms with E-state index in [1.54, 1.807) is 19.9 Å². The van der Waals surface area contributed by atoms with Gasteiger partial charge in [-0.2, -0.15) is 5.26 Å². The van der Waals surface area contributed by atoms with E-state index in [1.165, 1.54) is 12.1 Å². The van der Waals surface area contributed by atoms with Crippen molar-refractivity contribution in [2.45, 2.75) is 24.0 Å². The average molecular weight is 267 g/mol. The summed E-state index contributed by atoms with van der Waals surface area (Å²) in [5, 5.41) is 7.94. The van der Waals surface area contributed by atoms with Gasteiger partial charge < -0.3 is 9.47 Å². The molecule has 0 saturated heterocycles. The molecule has 2 rings (SSSR count). The second-order valence-electron chi connectivity index (χ2n) is 4.35. The Bertz CT molecular complexity index is 601. The van der Waals surface area contributed by atoms with Crippen LogP contribution in [0, 0.1) is 17.2 Å². The zero-order valence-corrected chi connectivity index (χ0v) is 10.9. The van der Waals surface area contributed by atoms with Crippen molar-refractivity contribution in [3.8, 4) is 17.6 Å². The van der Waals surface area contributed by atoms with Crippen molar-refractivity contribution in [3.05, 3.63) is 18.2 Å². The summed E-state index contributed by atoms with van der Waals surface area (Å²) >= 11 is 0. The van der Waals surface area contributed by atoms with Crippen LogP contribution in [0.5, 0.6) is 11.5 Å². The smallest absolute Gasteiger partial charge is 0.231 e. The summed E-state index contributed by atoms with van der Waals surface area (Å²) in [6.07, 6.45) is 0. The van der Waals surface area contributed by atoms with Gasteiger partial charge in [0.2, 0.25) is 6.79 Å². The molecule has 1 unspecified atom stereocenters. The first-order chi connectivity index (χ1) is 8.46. The number of rotatable bonds is 3. The van der Waals surface area contributed by atoms with Gasteiger partial charge in [-0.25, -0.2) is 8.42 Å². The fourth-order valence-electron chi connectivity index (χ4n) is 1.78. The molecule has 1 aromatic rings. The second-order valence-corrected chi connectivity index (χ2v) is 6.42. The van der Waals surface area contributed by atoms with Crippen LogP contribution in [0.25, 0.3) is 0 Å². The van der Waals surface area contributed by atoms with Gasteiger partial charge >= 0.3 is 0 Å². The number of fused-ring (bicyclic) bond motifs is 1. The third-order valence-corrected chi connectivity index (χ3v) is 4.97. The maximum atomic E-state index is 12.3. The first-order valence-corrected chi connectivity index (χ1v) is 7.04. The molecule has 6 heteroatoms. The number of hydrogen-bond acceptors (Lipinski definition) is 5. The zero-order valence-electron chi connectivity index (χ0n) is 10.1. The molecule has 0 aromatic heterocycles. The molecule has 1 aliphatic rings. The van der Waals surface area contributed by atoms with E-state index in [9.17, 15) is 8.42 Å². The second kappa shape index (κ2) is 4.50.